The van der Waals surface area contributed by atoms with Crippen LogP contribution < -0.4 is 4.74 Å². The Bertz CT molecular complexity index is 827. The van der Waals surface area contributed by atoms with Crippen LogP contribution in [0.15, 0.2) is 30.5 Å². The topological polar surface area (TPSA) is 42.4 Å². The van der Waals surface area contributed by atoms with Gasteiger partial charge < -0.3 is 9.53 Å². The third-order valence-corrected chi connectivity index (χ3v) is 4.58. The lowest BCUT2D eigenvalue weighted by Crippen LogP contribution is -2.23. The molecule has 1 aliphatic heterocycles. The van der Waals surface area contributed by atoms with Crippen molar-refractivity contribution in [3.63, 3.8) is 0 Å². The fourth-order valence-electron chi connectivity index (χ4n) is 3.09. The molecule has 1 atom stereocenters. The highest BCUT2D eigenvalue weighted by atomic mass is 35.5. The number of aryl methyl sites for hydroxylation is 1. The number of halogens is 4. The van der Waals surface area contributed by atoms with E-state index in [1.54, 1.807) is 31.3 Å². The van der Waals surface area contributed by atoms with Crippen LogP contribution >= 0.6 is 11.6 Å². The lowest BCUT2D eigenvalue weighted by Gasteiger charge is -2.21. The van der Waals surface area contributed by atoms with E-state index in [1.807, 2.05) is 4.90 Å². The van der Waals surface area contributed by atoms with E-state index in [1.165, 1.54) is 6.07 Å². The number of aromatic nitrogens is 1. The quantitative estimate of drug-likeness (QED) is 0.571. The van der Waals surface area contributed by atoms with Crippen LogP contribution in [0.1, 0.15) is 28.3 Å². The van der Waals surface area contributed by atoms with E-state index in [9.17, 15) is 18.0 Å². The second-order valence-electron chi connectivity index (χ2n) is 6.16. The summed E-state index contributed by atoms with van der Waals surface area (Å²) in [7, 11) is 0. The number of nitrogens with zero attached hydrogens (tertiary/aromatic N) is 2. The number of hydrogen-bond acceptors (Lipinski definition) is 4. The van der Waals surface area contributed by atoms with E-state index in [2.05, 4.69) is 4.98 Å². The van der Waals surface area contributed by atoms with Crippen molar-refractivity contribution in [3.05, 3.63) is 57.9 Å². The van der Waals surface area contributed by atoms with Gasteiger partial charge in [0, 0.05) is 24.8 Å². The monoisotopic (exact) mass is 384 g/mol. The molecule has 1 aromatic carbocycles. The second-order valence-corrected chi connectivity index (χ2v) is 6.52. The van der Waals surface area contributed by atoms with Gasteiger partial charge in [0.25, 0.3) is 0 Å². The summed E-state index contributed by atoms with van der Waals surface area (Å²) in [6.45, 7) is 1.30. The minimum atomic E-state index is -4.38. The van der Waals surface area contributed by atoms with Crippen LogP contribution in [0.4, 0.5) is 13.2 Å². The first kappa shape index (κ1) is 18.7. The average Bonchev–Trinajstić information content (AvgIpc) is 2.92. The van der Waals surface area contributed by atoms with Gasteiger partial charge in [-0.2, -0.15) is 13.2 Å². The molecule has 2 heterocycles. The largest absolute Gasteiger partial charge is 0.484 e. The molecule has 138 valence electrons. The number of carbonyl (C=O) groups excluding carboxylic acids is 1. The van der Waals surface area contributed by atoms with Crippen molar-refractivity contribution in [3.8, 4) is 5.75 Å². The lowest BCUT2D eigenvalue weighted by molar-refractivity contribution is -0.153. The summed E-state index contributed by atoms with van der Waals surface area (Å²) in [5.74, 6) is 0.190. The van der Waals surface area contributed by atoms with Gasteiger partial charge in [-0.25, -0.2) is 4.98 Å². The van der Waals surface area contributed by atoms with Crippen LogP contribution in [-0.2, 0) is 17.9 Å². The fraction of sp³-hybridized carbons (Fsp3) is 0.333. The Balaban J connectivity index is 1.74. The molecular weight excluding hydrogens is 369 g/mol. The number of aldehydes is 1. The van der Waals surface area contributed by atoms with Gasteiger partial charge in [-0.1, -0.05) is 23.7 Å². The summed E-state index contributed by atoms with van der Waals surface area (Å²) >= 11 is 6.12. The van der Waals surface area contributed by atoms with Gasteiger partial charge in [0.1, 0.15) is 17.2 Å². The number of ether oxygens (including phenoxy) is 1. The average molecular weight is 385 g/mol. The molecule has 2 aromatic rings. The van der Waals surface area contributed by atoms with Crippen LogP contribution in [0.3, 0.4) is 0 Å². The van der Waals surface area contributed by atoms with Crippen LogP contribution in [0, 0.1) is 6.92 Å². The van der Waals surface area contributed by atoms with E-state index < -0.39 is 18.8 Å². The zero-order valence-electron chi connectivity index (χ0n) is 13.9. The molecule has 8 heteroatoms. The van der Waals surface area contributed by atoms with Gasteiger partial charge in [0.2, 0.25) is 0 Å². The highest BCUT2D eigenvalue weighted by Crippen LogP contribution is 2.36. The van der Waals surface area contributed by atoms with Crippen molar-refractivity contribution >= 4 is 17.9 Å². The van der Waals surface area contributed by atoms with Crippen LogP contribution in [-0.4, -0.2) is 29.0 Å². The Morgan fingerprint density at radius 2 is 2.15 bits per heavy atom. The van der Waals surface area contributed by atoms with Gasteiger partial charge >= 0.3 is 6.18 Å². The first-order chi connectivity index (χ1) is 12.3. The molecule has 0 bridgehead atoms. The van der Waals surface area contributed by atoms with E-state index in [0.29, 0.717) is 23.8 Å². The molecule has 4 nitrogen and oxygen atoms in total. The van der Waals surface area contributed by atoms with Crippen LogP contribution in [0.25, 0.3) is 0 Å². The van der Waals surface area contributed by atoms with Crippen molar-refractivity contribution < 1.29 is 22.7 Å². The molecule has 1 aliphatic rings. The highest BCUT2D eigenvalue weighted by molar-refractivity contribution is 6.30. The molecule has 0 N–H and O–H groups in total. The van der Waals surface area contributed by atoms with E-state index in [-0.39, 0.29) is 5.75 Å². The van der Waals surface area contributed by atoms with Crippen LogP contribution in [0.2, 0.25) is 5.15 Å². The predicted molar refractivity (Wildman–Crippen MR) is 90.0 cm³/mol. The molecule has 0 amide bonds. The Morgan fingerprint density at radius 3 is 2.81 bits per heavy atom. The number of carbonyl (C=O) groups is 1. The fourth-order valence-corrected chi connectivity index (χ4v) is 3.32. The third-order valence-electron chi connectivity index (χ3n) is 4.26. The van der Waals surface area contributed by atoms with E-state index in [0.717, 1.165) is 23.0 Å². The molecule has 26 heavy (non-hydrogen) atoms. The summed E-state index contributed by atoms with van der Waals surface area (Å²) in [4.78, 5) is 17.5. The number of fused-ring (bicyclic) bond motifs is 1. The Labute approximate surface area is 153 Å². The number of alkyl halides is 3. The van der Waals surface area contributed by atoms with Crippen molar-refractivity contribution in [2.45, 2.75) is 32.2 Å². The van der Waals surface area contributed by atoms with Crippen LogP contribution in [0.5, 0.6) is 5.75 Å². The first-order valence-corrected chi connectivity index (χ1v) is 8.28. The summed E-state index contributed by atoms with van der Waals surface area (Å²) in [6.07, 6.45) is -1.95. The molecule has 0 saturated heterocycles. The predicted octanol–water partition coefficient (Wildman–Crippen LogP) is 4.24. The van der Waals surface area contributed by atoms with E-state index >= 15 is 0 Å². The normalized spacial score (nSPS) is 17.2. The molecule has 1 aromatic heterocycles. The Kier molecular flexibility index (Phi) is 5.20. The van der Waals surface area contributed by atoms with E-state index in [4.69, 9.17) is 16.3 Å². The Morgan fingerprint density at radius 1 is 1.38 bits per heavy atom. The van der Waals surface area contributed by atoms with Gasteiger partial charge in [-0.15, -0.1) is 0 Å². The second kappa shape index (κ2) is 7.25. The van der Waals surface area contributed by atoms with Gasteiger partial charge in [0.05, 0.1) is 6.04 Å². The summed E-state index contributed by atoms with van der Waals surface area (Å²) in [5, 5.41) is 0.379. The number of hydrogen-bond donors (Lipinski definition) is 0. The summed E-state index contributed by atoms with van der Waals surface area (Å²) in [6, 6.07) is 6.33. The zero-order chi connectivity index (χ0) is 18.9. The molecule has 0 fully saturated rings. The molecule has 0 spiro atoms. The standard InChI is InChI=1S/C18H16ClF3N2O2/c1-11-6-12(2-3-16(11)26-10-18(20,21)22)7-24-8-14-13(15(24)9-25)4-5-23-17(14)19/h2-6,9,15H,7-8,10H2,1H3. The van der Waals surface area contributed by atoms with Gasteiger partial charge in [-0.3, -0.25) is 4.90 Å². The third kappa shape index (κ3) is 3.99. The molecule has 3 rings (SSSR count). The number of benzene rings is 1. The molecule has 0 aliphatic carbocycles. The maximum atomic E-state index is 12.3. The molecule has 0 radical (unpaired) electrons. The maximum Gasteiger partial charge on any atom is 0.422 e. The van der Waals surface area contributed by atoms with Crippen molar-refractivity contribution in [2.75, 3.05) is 6.61 Å². The summed E-state index contributed by atoms with van der Waals surface area (Å²) < 4.78 is 41.7. The zero-order valence-corrected chi connectivity index (χ0v) is 14.6. The van der Waals surface area contributed by atoms with Crippen molar-refractivity contribution in [1.29, 1.82) is 0 Å². The van der Waals surface area contributed by atoms with Crippen molar-refractivity contribution in [1.82, 2.24) is 9.88 Å². The first-order valence-electron chi connectivity index (χ1n) is 7.90. The Hall–Kier alpha value is -2.12. The lowest BCUT2D eigenvalue weighted by atomic mass is 10.1. The molecule has 1 unspecified atom stereocenters. The summed E-state index contributed by atoms with van der Waals surface area (Å²) in [5.41, 5.74) is 3.13. The van der Waals surface area contributed by atoms with Crippen molar-refractivity contribution in [2.24, 2.45) is 0 Å². The smallest absolute Gasteiger partial charge is 0.422 e. The van der Waals surface area contributed by atoms with Gasteiger partial charge in [0.15, 0.2) is 6.61 Å². The number of rotatable bonds is 5. The number of pyridine rings is 1. The minimum Gasteiger partial charge on any atom is -0.484 e. The SMILES string of the molecule is Cc1cc(CN2Cc3c(ccnc3Cl)C2C=O)ccc1OCC(F)(F)F. The molecule has 0 saturated carbocycles. The minimum absolute atomic E-state index is 0.190. The van der Waals surface area contributed by atoms with Gasteiger partial charge in [-0.05, 0) is 35.7 Å². The molecular formula is C18H16ClF3N2O2. The highest BCUT2D eigenvalue weighted by Gasteiger charge is 2.32. The maximum absolute atomic E-state index is 12.3.